The molecule has 2 aromatic heterocycles. The first-order chi connectivity index (χ1) is 9.24. The maximum atomic E-state index is 6.22. The minimum absolute atomic E-state index is 0.0491. The molecule has 0 amide bonds. The highest BCUT2D eigenvalue weighted by Crippen LogP contribution is 2.29. The lowest BCUT2D eigenvalue weighted by Gasteiger charge is -2.10. The summed E-state index contributed by atoms with van der Waals surface area (Å²) in [5.74, 6) is 0. The molecule has 1 saturated carbocycles. The third-order valence-corrected chi connectivity index (χ3v) is 4.77. The van der Waals surface area contributed by atoms with Crippen LogP contribution in [0.5, 0.6) is 0 Å². The zero-order valence-electron chi connectivity index (χ0n) is 11.1. The van der Waals surface area contributed by atoms with E-state index >= 15 is 0 Å². The Kier molecular flexibility index (Phi) is 3.61. The van der Waals surface area contributed by atoms with Crippen molar-refractivity contribution in [2.75, 3.05) is 0 Å². The molecule has 102 valence electrons. The normalized spacial score (nSPS) is 18.0. The van der Waals surface area contributed by atoms with E-state index < -0.39 is 0 Å². The van der Waals surface area contributed by atoms with Crippen LogP contribution in [0.4, 0.5) is 0 Å². The van der Waals surface area contributed by atoms with Gasteiger partial charge in [0.15, 0.2) is 0 Å². The van der Waals surface area contributed by atoms with Crippen LogP contribution >= 0.6 is 11.5 Å². The van der Waals surface area contributed by atoms with Crippen LogP contribution < -0.4 is 5.73 Å². The maximum absolute atomic E-state index is 6.22. The van der Waals surface area contributed by atoms with E-state index in [1.165, 1.54) is 37.2 Å². The van der Waals surface area contributed by atoms with Crippen molar-refractivity contribution in [3.63, 3.8) is 0 Å². The molecule has 2 aromatic rings. The van der Waals surface area contributed by atoms with E-state index in [1.54, 1.807) is 0 Å². The molecule has 5 nitrogen and oxygen atoms in total. The Bertz CT molecular complexity index is 541. The van der Waals surface area contributed by atoms with Gasteiger partial charge in [0.05, 0.1) is 22.3 Å². The van der Waals surface area contributed by atoms with E-state index in [9.17, 15) is 0 Å². The molecular weight excluding hydrogens is 258 g/mol. The second-order valence-corrected chi connectivity index (χ2v) is 6.04. The molecule has 1 atom stereocenters. The fraction of sp³-hybridized carbons (Fsp3) is 0.615. The summed E-state index contributed by atoms with van der Waals surface area (Å²) in [6, 6.07) is 2.63. The Balaban J connectivity index is 1.68. The van der Waals surface area contributed by atoms with Crippen molar-refractivity contribution in [2.45, 2.75) is 51.1 Å². The summed E-state index contributed by atoms with van der Waals surface area (Å²) in [4.78, 5) is 1.07. The average molecular weight is 277 g/mol. The predicted octanol–water partition coefficient (Wildman–Crippen LogP) is 2.40. The zero-order valence-corrected chi connectivity index (χ0v) is 11.9. The van der Waals surface area contributed by atoms with E-state index in [2.05, 4.69) is 31.6 Å². The third kappa shape index (κ3) is 2.69. The van der Waals surface area contributed by atoms with Crippen LogP contribution in [0.2, 0.25) is 0 Å². The summed E-state index contributed by atoms with van der Waals surface area (Å²) in [5, 5.41) is 8.68. The molecular formula is C13H19N5S. The smallest absolute Gasteiger partial charge is 0.0772 e. The quantitative estimate of drug-likeness (QED) is 0.931. The zero-order chi connectivity index (χ0) is 13.2. The van der Waals surface area contributed by atoms with Crippen LogP contribution in [0.3, 0.4) is 0 Å². The fourth-order valence-electron chi connectivity index (χ4n) is 2.75. The molecule has 19 heavy (non-hydrogen) atoms. The van der Waals surface area contributed by atoms with Crippen LogP contribution in [-0.4, -0.2) is 19.4 Å². The lowest BCUT2D eigenvalue weighted by molar-refractivity contribution is 0.461. The van der Waals surface area contributed by atoms with Gasteiger partial charge in [-0.3, -0.25) is 4.68 Å². The molecule has 0 spiro atoms. The van der Waals surface area contributed by atoms with Crippen molar-refractivity contribution in [3.05, 3.63) is 28.5 Å². The van der Waals surface area contributed by atoms with Crippen LogP contribution in [0.15, 0.2) is 12.3 Å². The fourth-order valence-corrected chi connectivity index (χ4v) is 3.40. The maximum Gasteiger partial charge on any atom is 0.0772 e. The van der Waals surface area contributed by atoms with Crippen molar-refractivity contribution in [1.29, 1.82) is 0 Å². The van der Waals surface area contributed by atoms with Gasteiger partial charge in [-0.15, -0.1) is 5.10 Å². The SMILES string of the molecule is Cc1nnsc1C(N)Cc1ccn(C2CCCC2)n1. The van der Waals surface area contributed by atoms with Crippen molar-refractivity contribution in [3.8, 4) is 0 Å². The second kappa shape index (κ2) is 5.38. The number of nitrogens with two attached hydrogens (primary N) is 1. The molecule has 0 saturated heterocycles. The minimum Gasteiger partial charge on any atom is -0.323 e. The summed E-state index contributed by atoms with van der Waals surface area (Å²) >= 11 is 1.39. The number of rotatable bonds is 4. The lowest BCUT2D eigenvalue weighted by Crippen LogP contribution is -2.14. The highest BCUT2D eigenvalue weighted by molar-refractivity contribution is 7.05. The number of aromatic nitrogens is 4. The van der Waals surface area contributed by atoms with Crippen molar-refractivity contribution in [1.82, 2.24) is 19.4 Å². The first-order valence-corrected chi connectivity index (χ1v) is 7.60. The largest absolute Gasteiger partial charge is 0.323 e. The molecule has 6 heteroatoms. The van der Waals surface area contributed by atoms with Crippen molar-refractivity contribution in [2.24, 2.45) is 5.73 Å². The monoisotopic (exact) mass is 277 g/mol. The summed E-state index contributed by atoms with van der Waals surface area (Å²) in [6.07, 6.45) is 8.01. The topological polar surface area (TPSA) is 69.6 Å². The minimum atomic E-state index is -0.0491. The highest BCUT2D eigenvalue weighted by atomic mass is 32.1. The Hall–Kier alpha value is -1.27. The van der Waals surface area contributed by atoms with Crippen LogP contribution in [0.1, 0.15) is 54.0 Å². The van der Waals surface area contributed by atoms with Gasteiger partial charge in [-0.05, 0) is 37.4 Å². The standard InChI is InChI=1S/C13H19N5S/c1-9-13(19-17-15-9)12(14)8-10-6-7-18(16-10)11-4-2-3-5-11/h6-7,11-12H,2-5,8,14H2,1H3. The van der Waals surface area contributed by atoms with Gasteiger partial charge in [-0.25, -0.2) is 0 Å². The van der Waals surface area contributed by atoms with Gasteiger partial charge in [0, 0.05) is 18.7 Å². The molecule has 2 N–H and O–H groups in total. The number of hydrogen-bond donors (Lipinski definition) is 1. The van der Waals surface area contributed by atoms with E-state index in [4.69, 9.17) is 5.73 Å². The van der Waals surface area contributed by atoms with Crippen LogP contribution in [0.25, 0.3) is 0 Å². The highest BCUT2D eigenvalue weighted by Gasteiger charge is 2.19. The summed E-state index contributed by atoms with van der Waals surface area (Å²) < 4.78 is 6.06. The van der Waals surface area contributed by atoms with Gasteiger partial charge < -0.3 is 5.73 Å². The van der Waals surface area contributed by atoms with Gasteiger partial charge in [0.25, 0.3) is 0 Å². The number of aryl methyl sites for hydroxylation is 1. The summed E-state index contributed by atoms with van der Waals surface area (Å²) in [7, 11) is 0. The lowest BCUT2D eigenvalue weighted by atomic mass is 10.1. The van der Waals surface area contributed by atoms with Gasteiger partial charge >= 0.3 is 0 Å². The Morgan fingerprint density at radius 2 is 2.26 bits per heavy atom. The molecule has 2 heterocycles. The molecule has 1 unspecified atom stereocenters. The van der Waals surface area contributed by atoms with Gasteiger partial charge in [0.1, 0.15) is 0 Å². The van der Waals surface area contributed by atoms with E-state index in [1.807, 2.05) is 6.92 Å². The Labute approximate surface area is 117 Å². The number of nitrogens with zero attached hydrogens (tertiary/aromatic N) is 4. The molecule has 0 aromatic carbocycles. The molecule has 0 bridgehead atoms. The van der Waals surface area contributed by atoms with Crippen LogP contribution in [0, 0.1) is 6.92 Å². The van der Waals surface area contributed by atoms with E-state index in [-0.39, 0.29) is 6.04 Å². The summed E-state index contributed by atoms with van der Waals surface area (Å²) in [6.45, 7) is 1.95. The predicted molar refractivity (Wildman–Crippen MR) is 75.0 cm³/mol. The molecule has 1 aliphatic rings. The Morgan fingerprint density at radius 3 is 2.95 bits per heavy atom. The van der Waals surface area contributed by atoms with Gasteiger partial charge in [0.2, 0.25) is 0 Å². The average Bonchev–Trinajstić information content (AvgIpc) is 3.07. The second-order valence-electron chi connectivity index (χ2n) is 5.26. The van der Waals surface area contributed by atoms with Crippen molar-refractivity contribution >= 4 is 11.5 Å². The molecule has 3 rings (SSSR count). The molecule has 1 aliphatic carbocycles. The first-order valence-electron chi connectivity index (χ1n) is 6.82. The molecule has 0 aliphatic heterocycles. The molecule has 0 radical (unpaired) electrons. The summed E-state index contributed by atoms with van der Waals surface area (Å²) in [5.41, 5.74) is 8.22. The van der Waals surface area contributed by atoms with Gasteiger partial charge in [-0.2, -0.15) is 5.10 Å². The first kappa shape index (κ1) is 12.7. The van der Waals surface area contributed by atoms with Gasteiger partial charge in [-0.1, -0.05) is 17.3 Å². The molecule has 1 fully saturated rings. The third-order valence-electron chi connectivity index (χ3n) is 3.81. The van der Waals surface area contributed by atoms with Crippen LogP contribution in [-0.2, 0) is 6.42 Å². The van der Waals surface area contributed by atoms with E-state index in [0.717, 1.165) is 22.7 Å². The Morgan fingerprint density at radius 1 is 1.47 bits per heavy atom. The van der Waals surface area contributed by atoms with Crippen molar-refractivity contribution < 1.29 is 0 Å². The van der Waals surface area contributed by atoms with E-state index in [0.29, 0.717) is 6.04 Å². The number of hydrogen-bond acceptors (Lipinski definition) is 5.